The number of hydrogen-bond donors (Lipinski definition) is 3. The Bertz CT molecular complexity index is 976. The van der Waals surface area contributed by atoms with Crippen LogP contribution in [0.25, 0.3) is 0 Å². The van der Waals surface area contributed by atoms with Crippen LogP contribution in [0.5, 0.6) is 11.5 Å². The number of aromatic nitrogens is 2. The molecular formula is C19H17N5O2S. The normalized spacial score (nSPS) is 10.1. The molecule has 7 nitrogen and oxygen atoms in total. The molecule has 0 unspecified atom stereocenters. The maximum absolute atomic E-state index is 12.4. The van der Waals surface area contributed by atoms with E-state index in [-0.39, 0.29) is 11.0 Å². The van der Waals surface area contributed by atoms with E-state index in [1.165, 1.54) is 0 Å². The number of carbonyl (C=O) groups is 1. The number of ether oxygens (including phenoxy) is 1. The van der Waals surface area contributed by atoms with E-state index in [2.05, 4.69) is 20.6 Å². The minimum absolute atomic E-state index is 0.141. The van der Waals surface area contributed by atoms with Crippen LogP contribution in [0.15, 0.2) is 60.9 Å². The first-order valence-electron chi connectivity index (χ1n) is 8.04. The number of benzene rings is 1. The monoisotopic (exact) mass is 379 g/mol. The summed E-state index contributed by atoms with van der Waals surface area (Å²) in [5.41, 5.74) is 7.19. The average Bonchev–Trinajstić information content (AvgIpc) is 2.63. The molecule has 136 valence electrons. The summed E-state index contributed by atoms with van der Waals surface area (Å²) in [6.07, 6.45) is 3.13. The number of aryl methyl sites for hydroxylation is 1. The number of nitrogens with one attached hydrogen (secondary N) is 2. The van der Waals surface area contributed by atoms with Crippen LogP contribution in [0.3, 0.4) is 0 Å². The van der Waals surface area contributed by atoms with Crippen LogP contribution in [-0.2, 0) is 0 Å². The van der Waals surface area contributed by atoms with Gasteiger partial charge in [-0.15, -0.1) is 0 Å². The largest absolute Gasteiger partial charge is 0.456 e. The lowest BCUT2D eigenvalue weighted by Crippen LogP contribution is -2.19. The van der Waals surface area contributed by atoms with E-state index in [1.54, 1.807) is 54.9 Å². The summed E-state index contributed by atoms with van der Waals surface area (Å²) in [4.78, 5) is 20.6. The zero-order valence-corrected chi connectivity index (χ0v) is 15.3. The first-order valence-corrected chi connectivity index (χ1v) is 8.45. The number of hydrogen-bond acceptors (Lipinski definition) is 5. The number of carbonyl (C=O) groups excluding carboxylic acids is 1. The summed E-state index contributed by atoms with van der Waals surface area (Å²) in [7, 11) is 0. The van der Waals surface area contributed by atoms with Crippen molar-refractivity contribution in [3.05, 3.63) is 72.2 Å². The van der Waals surface area contributed by atoms with Gasteiger partial charge < -0.3 is 21.1 Å². The summed E-state index contributed by atoms with van der Waals surface area (Å²) in [5, 5.41) is 5.70. The molecule has 2 heterocycles. The zero-order valence-electron chi connectivity index (χ0n) is 14.5. The second-order valence-corrected chi connectivity index (χ2v) is 6.06. The van der Waals surface area contributed by atoms with E-state index < -0.39 is 0 Å². The molecular weight excluding hydrogens is 362 g/mol. The van der Waals surface area contributed by atoms with Gasteiger partial charge in [-0.3, -0.25) is 9.78 Å². The molecule has 0 aliphatic carbocycles. The Labute approximate surface area is 161 Å². The van der Waals surface area contributed by atoms with Crippen molar-refractivity contribution in [1.29, 1.82) is 0 Å². The van der Waals surface area contributed by atoms with Crippen LogP contribution in [0.1, 0.15) is 16.1 Å². The summed E-state index contributed by atoms with van der Waals surface area (Å²) in [5.74, 6) is 1.34. The third kappa shape index (κ3) is 4.99. The molecule has 8 heteroatoms. The second-order valence-electron chi connectivity index (χ2n) is 5.62. The highest BCUT2D eigenvalue weighted by molar-refractivity contribution is 7.80. The van der Waals surface area contributed by atoms with Crippen molar-refractivity contribution in [3.8, 4) is 11.5 Å². The Balaban J connectivity index is 1.69. The maximum atomic E-state index is 12.4. The molecule has 0 saturated carbocycles. The number of amides is 1. The van der Waals surface area contributed by atoms with E-state index in [0.29, 0.717) is 28.7 Å². The van der Waals surface area contributed by atoms with Gasteiger partial charge >= 0.3 is 0 Å². The Kier molecular flexibility index (Phi) is 5.58. The molecule has 2 aromatic heterocycles. The first-order chi connectivity index (χ1) is 13.0. The Morgan fingerprint density at radius 3 is 2.63 bits per heavy atom. The van der Waals surface area contributed by atoms with Crippen molar-refractivity contribution < 1.29 is 9.53 Å². The second kappa shape index (κ2) is 8.24. The minimum Gasteiger partial charge on any atom is -0.456 e. The smallest absolute Gasteiger partial charge is 0.274 e. The molecule has 0 fully saturated rings. The Morgan fingerprint density at radius 2 is 1.93 bits per heavy atom. The van der Waals surface area contributed by atoms with Gasteiger partial charge in [0.05, 0.1) is 6.20 Å². The van der Waals surface area contributed by atoms with Crippen LogP contribution >= 0.6 is 12.2 Å². The highest BCUT2D eigenvalue weighted by Gasteiger charge is 2.10. The van der Waals surface area contributed by atoms with Crippen molar-refractivity contribution >= 4 is 34.7 Å². The lowest BCUT2D eigenvalue weighted by Gasteiger charge is -2.10. The Hall–Kier alpha value is -3.52. The van der Waals surface area contributed by atoms with Crippen LogP contribution in [0.2, 0.25) is 0 Å². The van der Waals surface area contributed by atoms with Crippen LogP contribution in [0, 0.1) is 6.92 Å². The predicted octanol–water partition coefficient (Wildman–Crippen LogP) is 3.49. The lowest BCUT2D eigenvalue weighted by atomic mass is 10.2. The molecule has 0 aliphatic rings. The minimum atomic E-state index is -0.278. The van der Waals surface area contributed by atoms with E-state index in [0.717, 1.165) is 5.56 Å². The number of thiocarbonyl (C=S) groups is 1. The average molecular weight is 379 g/mol. The third-order valence-corrected chi connectivity index (χ3v) is 3.64. The molecule has 4 N–H and O–H groups in total. The fourth-order valence-corrected chi connectivity index (χ4v) is 2.43. The van der Waals surface area contributed by atoms with Crippen LogP contribution < -0.4 is 21.1 Å². The zero-order chi connectivity index (χ0) is 19.2. The van der Waals surface area contributed by atoms with Crippen molar-refractivity contribution in [1.82, 2.24) is 9.97 Å². The van der Waals surface area contributed by atoms with Gasteiger partial charge in [0.2, 0.25) is 0 Å². The highest BCUT2D eigenvalue weighted by atomic mass is 32.1. The van der Waals surface area contributed by atoms with Crippen LogP contribution in [-0.4, -0.2) is 21.0 Å². The molecule has 0 atom stereocenters. The van der Waals surface area contributed by atoms with Crippen molar-refractivity contribution in [2.75, 3.05) is 10.6 Å². The molecule has 0 radical (unpaired) electrons. The van der Waals surface area contributed by atoms with E-state index in [4.69, 9.17) is 22.7 Å². The number of pyridine rings is 2. The molecule has 3 rings (SSSR count). The molecule has 0 bridgehead atoms. The van der Waals surface area contributed by atoms with Gasteiger partial charge in [0.15, 0.2) is 5.11 Å². The first kappa shape index (κ1) is 18.3. The van der Waals surface area contributed by atoms with E-state index in [1.807, 2.05) is 13.0 Å². The van der Waals surface area contributed by atoms with E-state index in [9.17, 15) is 4.79 Å². The molecule has 3 aromatic rings. The fourth-order valence-electron chi connectivity index (χ4n) is 2.33. The maximum Gasteiger partial charge on any atom is 0.274 e. The third-order valence-electron chi connectivity index (χ3n) is 3.54. The summed E-state index contributed by atoms with van der Waals surface area (Å²) in [6.45, 7) is 1.84. The standard InChI is InChI=1S/C19H17N5O2S/c1-12-4-3-9-21-17(12)18(25)23-13-5-2-6-14(10-13)26-15-7-8-16(22-11-15)24-19(20)27/h2-11H,1H3,(H,23,25)(H3,20,22,24,27). The fraction of sp³-hybridized carbons (Fsp3) is 0.0526. The molecule has 0 aliphatic heterocycles. The number of anilines is 2. The number of nitrogens with two attached hydrogens (primary N) is 1. The van der Waals surface area contributed by atoms with Crippen molar-refractivity contribution in [2.45, 2.75) is 6.92 Å². The molecule has 0 spiro atoms. The summed E-state index contributed by atoms with van der Waals surface area (Å²) in [6, 6.07) is 14.1. The summed E-state index contributed by atoms with van der Waals surface area (Å²) >= 11 is 4.76. The number of nitrogens with zero attached hydrogens (tertiary/aromatic N) is 2. The predicted molar refractivity (Wildman–Crippen MR) is 108 cm³/mol. The molecule has 0 saturated heterocycles. The topological polar surface area (TPSA) is 102 Å². The molecule has 27 heavy (non-hydrogen) atoms. The number of rotatable bonds is 5. The van der Waals surface area contributed by atoms with Gasteiger partial charge in [-0.25, -0.2) is 4.98 Å². The Morgan fingerprint density at radius 1 is 1.07 bits per heavy atom. The molecule has 1 amide bonds. The highest BCUT2D eigenvalue weighted by Crippen LogP contribution is 2.24. The van der Waals surface area contributed by atoms with Gasteiger partial charge in [0, 0.05) is 18.0 Å². The van der Waals surface area contributed by atoms with Crippen molar-refractivity contribution in [2.24, 2.45) is 5.73 Å². The van der Waals surface area contributed by atoms with Gasteiger partial charge in [0.1, 0.15) is 23.0 Å². The van der Waals surface area contributed by atoms with Crippen molar-refractivity contribution in [3.63, 3.8) is 0 Å². The molecule has 1 aromatic carbocycles. The van der Waals surface area contributed by atoms with Gasteiger partial charge in [-0.2, -0.15) is 0 Å². The van der Waals surface area contributed by atoms with Gasteiger partial charge in [-0.05, 0) is 55.0 Å². The van der Waals surface area contributed by atoms with E-state index >= 15 is 0 Å². The van der Waals surface area contributed by atoms with Gasteiger partial charge in [0.25, 0.3) is 5.91 Å². The SMILES string of the molecule is Cc1cccnc1C(=O)Nc1cccc(Oc2ccc(NC(N)=S)nc2)c1. The van der Waals surface area contributed by atoms with Gasteiger partial charge in [-0.1, -0.05) is 12.1 Å². The quantitative estimate of drug-likeness (QED) is 0.583. The summed E-state index contributed by atoms with van der Waals surface area (Å²) < 4.78 is 5.77. The lowest BCUT2D eigenvalue weighted by molar-refractivity contribution is 0.102. The van der Waals surface area contributed by atoms with Crippen LogP contribution in [0.4, 0.5) is 11.5 Å².